The minimum Gasteiger partial charge on any atom is -0.493 e. The van der Waals surface area contributed by atoms with Gasteiger partial charge in [-0.2, -0.15) is 0 Å². The Morgan fingerprint density at radius 1 is 0.946 bits per heavy atom. The molecule has 0 bridgehead atoms. The Balaban J connectivity index is 1.39. The van der Waals surface area contributed by atoms with E-state index in [0.29, 0.717) is 34.9 Å². The molecular weight excluding hydrogens is 466 g/mol. The van der Waals surface area contributed by atoms with Crippen LogP contribution in [0.25, 0.3) is 11.1 Å². The Bertz CT molecular complexity index is 1440. The Hall–Kier alpha value is -4.65. The molecule has 0 atom stereocenters. The summed E-state index contributed by atoms with van der Waals surface area (Å²) in [7, 11) is 3.13. The highest BCUT2D eigenvalue weighted by Crippen LogP contribution is 2.41. The molecule has 1 N–H and O–H groups in total. The number of hydrogen-bond donors (Lipinski definition) is 1. The first-order valence-electron chi connectivity index (χ1n) is 12.0. The second-order valence-corrected chi connectivity index (χ2v) is 8.68. The van der Waals surface area contributed by atoms with Crippen molar-refractivity contribution in [2.45, 2.75) is 12.8 Å². The fraction of sp³-hybridized carbons (Fsp3) is 0.167. The zero-order valence-corrected chi connectivity index (χ0v) is 20.7. The average molecular weight is 494 g/mol. The minimum absolute atomic E-state index is 0.00654. The lowest BCUT2D eigenvalue weighted by atomic mass is 9.97. The summed E-state index contributed by atoms with van der Waals surface area (Å²) in [6.45, 7) is 0.603. The third kappa shape index (κ3) is 4.89. The van der Waals surface area contributed by atoms with Crippen molar-refractivity contribution < 1.29 is 19.1 Å². The van der Waals surface area contributed by atoms with Gasteiger partial charge in [-0.3, -0.25) is 14.6 Å². The SMILES string of the molecule is COc1ccc(C(=O)Nc2ccc3c(c2)CCN3C(=O)Cc2ccccn2)c(-c2ccccc2)c1OC. The molecule has 0 saturated heterocycles. The third-order valence-electron chi connectivity index (χ3n) is 6.45. The van der Waals surface area contributed by atoms with E-state index in [2.05, 4.69) is 10.3 Å². The number of methoxy groups -OCH3 is 2. The maximum Gasteiger partial charge on any atom is 0.256 e. The van der Waals surface area contributed by atoms with Gasteiger partial charge < -0.3 is 19.7 Å². The Kier molecular flexibility index (Phi) is 6.85. The van der Waals surface area contributed by atoms with Crippen LogP contribution in [0.3, 0.4) is 0 Å². The standard InChI is InChI=1S/C30H27N3O4/c1-36-26-14-12-24(28(29(26)37-2)20-8-4-3-5-9-20)30(35)32-23-11-13-25-21(18-23)15-17-33(25)27(34)19-22-10-6-7-16-31-22/h3-14,16,18H,15,17,19H2,1-2H3,(H,32,35). The smallest absolute Gasteiger partial charge is 0.256 e. The van der Waals surface area contributed by atoms with Gasteiger partial charge >= 0.3 is 0 Å². The molecule has 3 aromatic carbocycles. The van der Waals surface area contributed by atoms with Crippen molar-refractivity contribution >= 4 is 23.2 Å². The molecule has 0 saturated carbocycles. The lowest BCUT2D eigenvalue weighted by Gasteiger charge is -2.18. The van der Waals surface area contributed by atoms with Crippen LogP contribution in [0.5, 0.6) is 11.5 Å². The van der Waals surface area contributed by atoms with Gasteiger partial charge in [-0.05, 0) is 60.0 Å². The summed E-state index contributed by atoms with van der Waals surface area (Å²) in [5.41, 5.74) is 5.27. The molecule has 2 heterocycles. The van der Waals surface area contributed by atoms with Crippen LogP contribution >= 0.6 is 0 Å². The summed E-state index contributed by atoms with van der Waals surface area (Å²) in [6.07, 6.45) is 2.66. The van der Waals surface area contributed by atoms with E-state index in [9.17, 15) is 9.59 Å². The van der Waals surface area contributed by atoms with E-state index < -0.39 is 0 Å². The molecule has 0 radical (unpaired) electrons. The molecular formula is C30H27N3O4. The highest BCUT2D eigenvalue weighted by molar-refractivity contribution is 6.10. The summed E-state index contributed by atoms with van der Waals surface area (Å²) in [6, 6.07) is 24.3. The lowest BCUT2D eigenvalue weighted by molar-refractivity contribution is -0.117. The van der Waals surface area contributed by atoms with E-state index in [1.807, 2.05) is 66.7 Å². The van der Waals surface area contributed by atoms with Crippen molar-refractivity contribution in [3.63, 3.8) is 0 Å². The van der Waals surface area contributed by atoms with Gasteiger partial charge in [0, 0.05) is 35.4 Å². The van der Waals surface area contributed by atoms with E-state index in [1.54, 1.807) is 37.4 Å². The monoisotopic (exact) mass is 493 g/mol. The number of amides is 2. The largest absolute Gasteiger partial charge is 0.493 e. The summed E-state index contributed by atoms with van der Waals surface area (Å²) < 4.78 is 11.1. The van der Waals surface area contributed by atoms with Crippen molar-refractivity contribution in [3.05, 3.63) is 102 Å². The summed E-state index contributed by atoms with van der Waals surface area (Å²) in [4.78, 5) is 32.4. The van der Waals surface area contributed by atoms with Gasteiger partial charge in [0.1, 0.15) is 0 Å². The van der Waals surface area contributed by atoms with Crippen molar-refractivity contribution in [2.24, 2.45) is 0 Å². The molecule has 1 aromatic heterocycles. The van der Waals surface area contributed by atoms with Crippen LogP contribution in [0.1, 0.15) is 21.6 Å². The number of anilines is 2. The number of carbonyl (C=O) groups excluding carboxylic acids is 2. The molecule has 7 nitrogen and oxygen atoms in total. The fourth-order valence-corrected chi connectivity index (χ4v) is 4.70. The topological polar surface area (TPSA) is 80.8 Å². The molecule has 0 aliphatic carbocycles. The number of hydrogen-bond acceptors (Lipinski definition) is 5. The predicted molar refractivity (Wildman–Crippen MR) is 143 cm³/mol. The molecule has 4 aromatic rings. The molecule has 186 valence electrons. The molecule has 7 heteroatoms. The van der Waals surface area contributed by atoms with Crippen LogP contribution in [0, 0.1) is 0 Å². The van der Waals surface area contributed by atoms with Gasteiger partial charge in [0.15, 0.2) is 11.5 Å². The van der Waals surface area contributed by atoms with Crippen LogP contribution in [0.4, 0.5) is 11.4 Å². The second kappa shape index (κ2) is 10.5. The van der Waals surface area contributed by atoms with Crippen LogP contribution in [0.15, 0.2) is 85.1 Å². The average Bonchev–Trinajstić information content (AvgIpc) is 3.36. The first-order chi connectivity index (χ1) is 18.1. The van der Waals surface area contributed by atoms with Crippen LogP contribution in [-0.4, -0.2) is 37.6 Å². The number of rotatable bonds is 7. The summed E-state index contributed by atoms with van der Waals surface area (Å²) in [5, 5.41) is 3.02. The summed E-state index contributed by atoms with van der Waals surface area (Å²) >= 11 is 0. The van der Waals surface area contributed by atoms with Crippen LogP contribution < -0.4 is 19.7 Å². The molecule has 37 heavy (non-hydrogen) atoms. The van der Waals surface area contributed by atoms with Gasteiger partial charge in [-0.15, -0.1) is 0 Å². The Morgan fingerprint density at radius 2 is 1.76 bits per heavy atom. The maximum absolute atomic E-state index is 13.5. The zero-order chi connectivity index (χ0) is 25.8. The molecule has 2 amide bonds. The van der Waals surface area contributed by atoms with Crippen LogP contribution in [-0.2, 0) is 17.6 Å². The Morgan fingerprint density at radius 3 is 2.49 bits per heavy atom. The van der Waals surface area contributed by atoms with Crippen molar-refractivity contribution in [1.29, 1.82) is 0 Å². The van der Waals surface area contributed by atoms with Crippen molar-refractivity contribution in [2.75, 3.05) is 31.0 Å². The number of aromatic nitrogens is 1. The maximum atomic E-state index is 13.5. The number of fused-ring (bicyclic) bond motifs is 1. The zero-order valence-electron chi connectivity index (χ0n) is 20.7. The second-order valence-electron chi connectivity index (χ2n) is 8.68. The molecule has 1 aliphatic rings. The molecule has 0 unspecified atom stereocenters. The normalized spacial score (nSPS) is 12.1. The minimum atomic E-state index is -0.263. The van der Waals surface area contributed by atoms with Gasteiger partial charge in [0.2, 0.25) is 5.91 Å². The highest BCUT2D eigenvalue weighted by atomic mass is 16.5. The van der Waals surface area contributed by atoms with Gasteiger partial charge in [0.25, 0.3) is 5.91 Å². The number of pyridine rings is 1. The van der Waals surface area contributed by atoms with Gasteiger partial charge in [0.05, 0.1) is 26.2 Å². The first-order valence-corrected chi connectivity index (χ1v) is 12.0. The number of benzene rings is 3. The number of carbonyl (C=O) groups is 2. The third-order valence-corrected chi connectivity index (χ3v) is 6.45. The highest BCUT2D eigenvalue weighted by Gasteiger charge is 2.26. The molecule has 5 rings (SSSR count). The number of nitrogens with zero attached hydrogens (tertiary/aromatic N) is 2. The summed E-state index contributed by atoms with van der Waals surface area (Å²) in [5.74, 6) is 0.788. The molecule has 1 aliphatic heterocycles. The molecule has 0 spiro atoms. The van der Waals surface area contributed by atoms with Gasteiger partial charge in [-0.1, -0.05) is 36.4 Å². The van der Waals surface area contributed by atoms with Crippen LogP contribution in [0.2, 0.25) is 0 Å². The van der Waals surface area contributed by atoms with Crippen molar-refractivity contribution in [1.82, 2.24) is 4.98 Å². The van der Waals surface area contributed by atoms with E-state index in [0.717, 1.165) is 28.9 Å². The Labute approximate surface area is 215 Å². The van der Waals surface area contributed by atoms with Gasteiger partial charge in [-0.25, -0.2) is 0 Å². The fourth-order valence-electron chi connectivity index (χ4n) is 4.70. The van der Waals surface area contributed by atoms with Crippen molar-refractivity contribution in [3.8, 4) is 22.6 Å². The number of ether oxygens (including phenoxy) is 2. The lowest BCUT2D eigenvalue weighted by Crippen LogP contribution is -2.30. The van der Waals surface area contributed by atoms with E-state index in [1.165, 1.54) is 0 Å². The van der Waals surface area contributed by atoms with E-state index in [-0.39, 0.29) is 18.2 Å². The number of nitrogens with one attached hydrogen (secondary N) is 1. The first kappa shape index (κ1) is 24.1. The predicted octanol–water partition coefficient (Wildman–Crippen LogP) is 5.15. The molecule has 0 fully saturated rings. The van der Waals surface area contributed by atoms with E-state index >= 15 is 0 Å². The van der Waals surface area contributed by atoms with E-state index in [4.69, 9.17) is 9.47 Å². The quantitative estimate of drug-likeness (QED) is 0.385.